The molecule has 0 bridgehead atoms. The molecule has 0 spiro atoms. The Labute approximate surface area is 108 Å². The summed E-state index contributed by atoms with van der Waals surface area (Å²) in [4.78, 5) is 0. The van der Waals surface area contributed by atoms with E-state index < -0.39 is 5.82 Å². The van der Waals surface area contributed by atoms with Crippen LogP contribution in [0.5, 0.6) is 5.75 Å². The van der Waals surface area contributed by atoms with Crippen LogP contribution in [0, 0.1) is 5.82 Å². The van der Waals surface area contributed by atoms with E-state index in [9.17, 15) is 9.50 Å². The molecule has 0 atom stereocenters. The molecule has 3 rings (SSSR count). The maximum Gasteiger partial charge on any atom is 0.127 e. The van der Waals surface area contributed by atoms with Gasteiger partial charge in [0.2, 0.25) is 0 Å². The molecule has 19 heavy (non-hydrogen) atoms. The van der Waals surface area contributed by atoms with Crippen LogP contribution in [-0.4, -0.2) is 20.1 Å². The van der Waals surface area contributed by atoms with Crippen molar-refractivity contribution in [1.82, 2.24) is 15.0 Å². The first kappa shape index (κ1) is 11.4. The van der Waals surface area contributed by atoms with Crippen LogP contribution in [0.4, 0.5) is 4.39 Å². The molecule has 0 saturated heterocycles. The fourth-order valence-corrected chi connectivity index (χ4v) is 1.90. The van der Waals surface area contributed by atoms with Gasteiger partial charge in [-0.25, -0.2) is 9.07 Å². The molecule has 2 aromatic carbocycles. The molecule has 0 aliphatic heterocycles. The molecular weight excluding hydrogens is 245 g/mol. The zero-order valence-electron chi connectivity index (χ0n) is 9.86. The molecule has 0 aliphatic carbocycles. The van der Waals surface area contributed by atoms with Gasteiger partial charge in [-0.05, 0) is 24.3 Å². The summed E-state index contributed by atoms with van der Waals surface area (Å²) in [6.45, 7) is 0. The highest BCUT2D eigenvalue weighted by molar-refractivity contribution is 5.67. The first-order valence-corrected chi connectivity index (χ1v) is 5.71. The lowest BCUT2D eigenvalue weighted by atomic mass is 10.1. The first-order valence-electron chi connectivity index (χ1n) is 5.71. The molecule has 5 heteroatoms. The maximum absolute atomic E-state index is 13.0. The summed E-state index contributed by atoms with van der Waals surface area (Å²) in [7, 11) is 0. The lowest BCUT2D eigenvalue weighted by Crippen LogP contribution is -1.99. The summed E-state index contributed by atoms with van der Waals surface area (Å²) < 4.78 is 14.6. The molecule has 94 valence electrons. The highest BCUT2D eigenvalue weighted by atomic mass is 19.1. The van der Waals surface area contributed by atoms with E-state index in [1.807, 2.05) is 30.3 Å². The van der Waals surface area contributed by atoms with Crippen molar-refractivity contribution in [2.75, 3.05) is 0 Å². The molecule has 0 unspecified atom stereocenters. The van der Waals surface area contributed by atoms with E-state index in [4.69, 9.17) is 0 Å². The quantitative estimate of drug-likeness (QED) is 0.766. The zero-order valence-corrected chi connectivity index (χ0v) is 9.86. The van der Waals surface area contributed by atoms with Crippen LogP contribution < -0.4 is 0 Å². The van der Waals surface area contributed by atoms with Crippen molar-refractivity contribution in [3.63, 3.8) is 0 Å². The van der Waals surface area contributed by atoms with Gasteiger partial charge in [0.25, 0.3) is 0 Å². The minimum absolute atomic E-state index is 0.139. The van der Waals surface area contributed by atoms with Crippen LogP contribution in [-0.2, 0) is 0 Å². The highest BCUT2D eigenvalue weighted by Crippen LogP contribution is 2.30. The summed E-state index contributed by atoms with van der Waals surface area (Å²) in [5.41, 5.74) is 1.90. The summed E-state index contributed by atoms with van der Waals surface area (Å²) in [5.74, 6) is -0.625. The van der Waals surface area contributed by atoms with Gasteiger partial charge in [0, 0.05) is 11.6 Å². The van der Waals surface area contributed by atoms with Crippen molar-refractivity contribution >= 4 is 0 Å². The van der Waals surface area contributed by atoms with E-state index in [-0.39, 0.29) is 5.75 Å². The van der Waals surface area contributed by atoms with Crippen molar-refractivity contribution in [3.8, 4) is 22.7 Å². The normalized spacial score (nSPS) is 10.6. The number of para-hydroxylation sites is 1. The second kappa shape index (κ2) is 4.53. The SMILES string of the molecule is Oc1cc(F)ccc1-c1cnnn1-c1ccccc1. The smallest absolute Gasteiger partial charge is 0.127 e. The van der Waals surface area contributed by atoms with Crippen molar-refractivity contribution in [2.45, 2.75) is 0 Å². The van der Waals surface area contributed by atoms with Crippen LogP contribution >= 0.6 is 0 Å². The molecule has 1 N–H and O–H groups in total. The largest absolute Gasteiger partial charge is 0.507 e. The van der Waals surface area contributed by atoms with Gasteiger partial charge < -0.3 is 5.11 Å². The second-order valence-electron chi connectivity index (χ2n) is 4.03. The Morgan fingerprint density at radius 3 is 2.58 bits per heavy atom. The summed E-state index contributed by atoms with van der Waals surface area (Å²) in [6, 6.07) is 13.3. The Bertz CT molecular complexity index is 710. The molecule has 0 aliphatic rings. The van der Waals surface area contributed by atoms with Crippen LogP contribution in [0.1, 0.15) is 0 Å². The highest BCUT2D eigenvalue weighted by Gasteiger charge is 2.12. The van der Waals surface area contributed by atoms with Gasteiger partial charge in [-0.1, -0.05) is 23.4 Å². The van der Waals surface area contributed by atoms with Crippen LogP contribution in [0.25, 0.3) is 16.9 Å². The maximum atomic E-state index is 13.0. The van der Waals surface area contributed by atoms with E-state index in [0.717, 1.165) is 11.8 Å². The Kier molecular flexibility index (Phi) is 2.72. The minimum Gasteiger partial charge on any atom is -0.507 e. The first-order chi connectivity index (χ1) is 9.25. The van der Waals surface area contributed by atoms with Gasteiger partial charge in [-0.3, -0.25) is 0 Å². The van der Waals surface area contributed by atoms with E-state index in [1.54, 1.807) is 4.68 Å². The summed E-state index contributed by atoms with van der Waals surface area (Å²) in [6.07, 6.45) is 1.53. The number of nitrogens with zero attached hydrogens (tertiary/aromatic N) is 3. The fourth-order valence-electron chi connectivity index (χ4n) is 1.90. The lowest BCUT2D eigenvalue weighted by Gasteiger charge is -2.07. The molecular formula is C14H10FN3O. The van der Waals surface area contributed by atoms with E-state index >= 15 is 0 Å². The third kappa shape index (κ3) is 2.06. The second-order valence-corrected chi connectivity index (χ2v) is 4.03. The average Bonchev–Trinajstić information content (AvgIpc) is 2.89. The van der Waals surface area contributed by atoms with Crippen molar-refractivity contribution in [1.29, 1.82) is 0 Å². The number of hydrogen-bond donors (Lipinski definition) is 1. The van der Waals surface area contributed by atoms with Gasteiger partial charge in [-0.15, -0.1) is 5.10 Å². The van der Waals surface area contributed by atoms with E-state index in [0.29, 0.717) is 11.3 Å². The fraction of sp³-hybridized carbons (Fsp3) is 0. The number of phenolic OH excluding ortho intramolecular Hbond substituents is 1. The molecule has 0 amide bonds. The predicted molar refractivity (Wildman–Crippen MR) is 68.4 cm³/mol. The predicted octanol–water partition coefficient (Wildman–Crippen LogP) is 2.78. The molecule has 0 saturated carbocycles. The number of aromatic nitrogens is 3. The van der Waals surface area contributed by atoms with E-state index in [1.165, 1.54) is 18.3 Å². The van der Waals surface area contributed by atoms with Crippen molar-refractivity contribution in [3.05, 3.63) is 60.5 Å². The van der Waals surface area contributed by atoms with Crippen LogP contribution in [0.2, 0.25) is 0 Å². The topological polar surface area (TPSA) is 50.9 Å². The Morgan fingerprint density at radius 2 is 1.84 bits per heavy atom. The van der Waals surface area contributed by atoms with Crippen LogP contribution in [0.15, 0.2) is 54.7 Å². The third-order valence-corrected chi connectivity index (χ3v) is 2.79. The number of halogens is 1. The average molecular weight is 255 g/mol. The third-order valence-electron chi connectivity index (χ3n) is 2.79. The molecule has 1 aromatic heterocycles. The molecule has 3 aromatic rings. The van der Waals surface area contributed by atoms with Gasteiger partial charge >= 0.3 is 0 Å². The Morgan fingerprint density at radius 1 is 1.05 bits per heavy atom. The van der Waals surface area contributed by atoms with Crippen LogP contribution in [0.3, 0.4) is 0 Å². The molecule has 4 nitrogen and oxygen atoms in total. The van der Waals surface area contributed by atoms with Gasteiger partial charge in [0.1, 0.15) is 11.6 Å². The van der Waals surface area contributed by atoms with E-state index in [2.05, 4.69) is 10.3 Å². The minimum atomic E-state index is -0.486. The van der Waals surface area contributed by atoms with Gasteiger partial charge in [-0.2, -0.15) is 0 Å². The van der Waals surface area contributed by atoms with Gasteiger partial charge in [0.05, 0.1) is 17.6 Å². The Hall–Kier alpha value is -2.69. The number of rotatable bonds is 2. The van der Waals surface area contributed by atoms with Crippen molar-refractivity contribution < 1.29 is 9.50 Å². The standard InChI is InChI=1S/C14H10FN3O/c15-10-6-7-12(14(19)8-10)13-9-16-17-18(13)11-4-2-1-3-5-11/h1-9,19H. The Balaban J connectivity index is 2.15. The number of phenols is 1. The number of hydrogen-bond acceptors (Lipinski definition) is 3. The van der Waals surface area contributed by atoms with Gasteiger partial charge in [0.15, 0.2) is 0 Å². The summed E-state index contributed by atoms with van der Waals surface area (Å²) >= 11 is 0. The molecule has 0 radical (unpaired) electrons. The number of aromatic hydroxyl groups is 1. The summed E-state index contributed by atoms with van der Waals surface area (Å²) in [5, 5.41) is 17.7. The monoisotopic (exact) mass is 255 g/mol. The zero-order chi connectivity index (χ0) is 13.2. The van der Waals surface area contributed by atoms with Crippen molar-refractivity contribution in [2.24, 2.45) is 0 Å². The molecule has 1 heterocycles. The lowest BCUT2D eigenvalue weighted by molar-refractivity contribution is 0.470. The number of benzene rings is 2. The molecule has 0 fully saturated rings.